The van der Waals surface area contributed by atoms with Gasteiger partial charge >= 0.3 is 39.5 Å². The minimum Gasteiger partial charge on any atom is -0.462 e. The lowest BCUT2D eigenvalue weighted by atomic mass is 10.0. The minimum absolute atomic E-state index is 0.0192. The molecule has 0 aliphatic rings. The van der Waals surface area contributed by atoms with Crippen molar-refractivity contribution in [3.05, 3.63) is 109 Å². The summed E-state index contributed by atoms with van der Waals surface area (Å²) in [4.78, 5) is 73.1. The Balaban J connectivity index is 5.45. The number of aliphatic hydroxyl groups is 1. The van der Waals surface area contributed by atoms with Crippen molar-refractivity contribution in [2.75, 3.05) is 39.6 Å². The van der Waals surface area contributed by atoms with Gasteiger partial charge in [0.05, 0.1) is 26.4 Å². The summed E-state index contributed by atoms with van der Waals surface area (Å²) >= 11 is 0. The number of ether oxygens (including phenoxy) is 4. The van der Waals surface area contributed by atoms with Gasteiger partial charge in [0, 0.05) is 25.7 Å². The van der Waals surface area contributed by atoms with Gasteiger partial charge in [-0.05, 0) is 128 Å². The van der Waals surface area contributed by atoms with Crippen molar-refractivity contribution in [3.8, 4) is 0 Å². The van der Waals surface area contributed by atoms with Crippen LogP contribution in [0.1, 0.15) is 362 Å². The molecule has 0 radical (unpaired) electrons. The van der Waals surface area contributed by atoms with E-state index < -0.39 is 97.5 Å². The van der Waals surface area contributed by atoms with Crippen LogP contribution in [0.3, 0.4) is 0 Å². The number of rotatable bonds is 79. The summed E-state index contributed by atoms with van der Waals surface area (Å²) in [5, 5.41) is 10.7. The van der Waals surface area contributed by atoms with E-state index in [4.69, 9.17) is 37.0 Å². The molecule has 612 valence electrons. The zero-order valence-corrected chi connectivity index (χ0v) is 68.9. The first-order valence-electron chi connectivity index (χ1n) is 42.1. The molecule has 0 amide bonds. The third-order valence-corrected chi connectivity index (χ3v) is 19.6. The van der Waals surface area contributed by atoms with Gasteiger partial charge in [0.25, 0.3) is 0 Å². The highest BCUT2D eigenvalue weighted by molar-refractivity contribution is 7.47. The Morgan fingerprint density at radius 1 is 0.264 bits per heavy atom. The standard InChI is InChI=1S/C87H152O17P2/c1-5-9-13-17-21-25-29-33-37-40-44-47-51-55-59-63-67-71-84(89)97-77-82(103-86(91)73-69-65-61-57-53-49-43-36-32-28-24-20-16-12-8-4)79-101-105(93,94)99-75-81(88)76-100-106(95,96)102-80-83(104-87(92)74-70-66-62-58-54-50-46-42-39-35-31-27-23-19-15-11-7-3)78-98-85(90)72-68-64-60-56-52-48-45-41-38-34-30-26-22-18-14-10-6-2/h21,23,25,27,33,35-37,39,43-44,46-47,50,55,58-59,62,81-83,88H,5-20,22,24,26,28-32,34,38,40-42,45,48-49,51-54,56-57,60-61,63-80H2,1-4H3,(H,93,94)(H,95,96)/b25-21-,27-23-,37-33-,39-35-,43-36-,47-44-,50-46-,59-55-,62-58-/t81-,82-,83-/m1/s1. The lowest BCUT2D eigenvalue weighted by molar-refractivity contribution is -0.161. The summed E-state index contributed by atoms with van der Waals surface area (Å²) < 4.78 is 68.6. The summed E-state index contributed by atoms with van der Waals surface area (Å²) in [6.07, 6.45) is 86.4. The lowest BCUT2D eigenvalue weighted by Crippen LogP contribution is -2.30. The minimum atomic E-state index is -5.00. The molecule has 5 atom stereocenters. The summed E-state index contributed by atoms with van der Waals surface area (Å²) in [6.45, 7) is 4.74. The Labute approximate surface area is 645 Å². The van der Waals surface area contributed by atoms with Crippen LogP contribution in [0, 0.1) is 0 Å². The predicted octanol–water partition coefficient (Wildman–Crippen LogP) is 24.9. The fraction of sp³-hybridized carbons (Fsp3) is 0.747. The molecule has 0 rings (SSSR count). The molecule has 0 spiro atoms. The first-order valence-corrected chi connectivity index (χ1v) is 45.1. The normalized spacial score (nSPS) is 14.4. The number of phosphoric acid groups is 2. The summed E-state index contributed by atoms with van der Waals surface area (Å²) in [5.41, 5.74) is 0. The van der Waals surface area contributed by atoms with E-state index in [2.05, 4.69) is 113 Å². The van der Waals surface area contributed by atoms with E-state index in [1.165, 1.54) is 161 Å². The molecule has 0 aromatic heterocycles. The topological polar surface area (TPSA) is 237 Å². The predicted molar refractivity (Wildman–Crippen MR) is 436 cm³/mol. The van der Waals surface area contributed by atoms with Crippen molar-refractivity contribution in [1.29, 1.82) is 0 Å². The summed E-state index contributed by atoms with van der Waals surface area (Å²) in [5.74, 6) is -2.30. The second-order valence-electron chi connectivity index (χ2n) is 28.1. The van der Waals surface area contributed by atoms with Crippen molar-refractivity contribution in [3.63, 3.8) is 0 Å². The van der Waals surface area contributed by atoms with Crippen molar-refractivity contribution >= 4 is 39.5 Å². The van der Waals surface area contributed by atoms with E-state index in [9.17, 15) is 43.2 Å². The zero-order valence-electron chi connectivity index (χ0n) is 67.1. The number of phosphoric ester groups is 2. The maximum atomic E-state index is 13.1. The summed E-state index contributed by atoms with van der Waals surface area (Å²) in [6, 6.07) is 0. The van der Waals surface area contributed by atoms with Gasteiger partial charge in [0.2, 0.25) is 0 Å². The summed E-state index contributed by atoms with van der Waals surface area (Å²) in [7, 11) is -9.99. The highest BCUT2D eigenvalue weighted by Gasteiger charge is 2.30. The van der Waals surface area contributed by atoms with E-state index in [1.807, 2.05) is 24.3 Å². The molecule has 0 aromatic rings. The van der Waals surface area contributed by atoms with Crippen LogP contribution in [0.25, 0.3) is 0 Å². The molecule has 0 aromatic carbocycles. The number of hydrogen-bond donors (Lipinski definition) is 3. The van der Waals surface area contributed by atoms with Crippen LogP contribution in [-0.2, 0) is 65.4 Å². The number of hydrogen-bond acceptors (Lipinski definition) is 15. The Morgan fingerprint density at radius 2 is 0.472 bits per heavy atom. The average Bonchev–Trinajstić information content (AvgIpc) is 0.901. The molecule has 0 heterocycles. The number of carbonyl (C=O) groups is 4. The molecule has 0 aliphatic carbocycles. The van der Waals surface area contributed by atoms with Crippen LogP contribution >= 0.6 is 15.6 Å². The third-order valence-electron chi connectivity index (χ3n) is 17.7. The molecule has 2 unspecified atom stereocenters. The third kappa shape index (κ3) is 77.9. The van der Waals surface area contributed by atoms with Gasteiger partial charge in [-0.25, -0.2) is 9.13 Å². The van der Waals surface area contributed by atoms with Crippen LogP contribution in [0.5, 0.6) is 0 Å². The Bertz CT molecular complexity index is 2430. The first-order chi connectivity index (χ1) is 51.7. The molecule has 17 nitrogen and oxygen atoms in total. The van der Waals surface area contributed by atoms with Crippen LogP contribution in [-0.4, -0.2) is 96.7 Å². The number of allylic oxidation sites excluding steroid dienone is 18. The van der Waals surface area contributed by atoms with Crippen LogP contribution in [0.15, 0.2) is 109 Å². The van der Waals surface area contributed by atoms with Gasteiger partial charge in [0.1, 0.15) is 19.3 Å². The molecule has 0 saturated carbocycles. The van der Waals surface area contributed by atoms with E-state index in [0.717, 1.165) is 109 Å². The van der Waals surface area contributed by atoms with Crippen molar-refractivity contribution in [2.24, 2.45) is 0 Å². The maximum absolute atomic E-state index is 13.1. The van der Waals surface area contributed by atoms with Crippen molar-refractivity contribution in [1.82, 2.24) is 0 Å². The zero-order chi connectivity index (χ0) is 77.4. The maximum Gasteiger partial charge on any atom is 0.472 e. The number of aliphatic hydroxyl groups excluding tert-OH is 1. The molecule has 0 saturated heterocycles. The smallest absolute Gasteiger partial charge is 0.462 e. The first kappa shape index (κ1) is 102. The lowest BCUT2D eigenvalue weighted by Gasteiger charge is -2.21. The van der Waals surface area contributed by atoms with E-state index in [1.54, 1.807) is 0 Å². The fourth-order valence-corrected chi connectivity index (χ4v) is 12.8. The largest absolute Gasteiger partial charge is 0.472 e. The molecular weight excluding hydrogens is 1380 g/mol. The molecule has 0 aliphatic heterocycles. The molecule has 0 bridgehead atoms. The quantitative estimate of drug-likeness (QED) is 0.0169. The number of unbranched alkanes of at least 4 members (excludes halogenated alkanes) is 35. The number of carbonyl (C=O) groups excluding carboxylic acids is 4. The van der Waals surface area contributed by atoms with E-state index >= 15 is 0 Å². The monoisotopic (exact) mass is 1530 g/mol. The van der Waals surface area contributed by atoms with Gasteiger partial charge < -0.3 is 33.8 Å². The Hall–Kier alpha value is -4.28. The Morgan fingerprint density at radius 3 is 0.783 bits per heavy atom. The Kier molecular flexibility index (Phi) is 75.6. The molecule has 3 N–H and O–H groups in total. The second-order valence-corrected chi connectivity index (χ2v) is 31.0. The SMILES string of the molecule is CCCCC/C=C\C/C=C\C/C=C\C/C=C\CCCC(=O)OC[C@H](COP(=O)(O)OC[C@@H](O)COP(=O)(O)OC[C@@H](COC(=O)CCCCCCCCCCCCCCCCCCC)OC(=O)CCC/C=C\C/C=C\C/C=C\C/C=C\CCCCC)OC(=O)CCCCCCC/C=C\CCCCCCCC. The van der Waals surface area contributed by atoms with E-state index in [-0.39, 0.29) is 25.7 Å². The highest BCUT2D eigenvalue weighted by Crippen LogP contribution is 2.45. The second kappa shape index (κ2) is 78.8. The van der Waals surface area contributed by atoms with Gasteiger partial charge in [-0.15, -0.1) is 0 Å². The average molecular weight is 1530 g/mol. The van der Waals surface area contributed by atoms with Crippen molar-refractivity contribution in [2.45, 2.75) is 380 Å². The molecular formula is C87H152O17P2. The highest BCUT2D eigenvalue weighted by atomic mass is 31.2. The molecule has 19 heteroatoms. The van der Waals surface area contributed by atoms with Gasteiger partial charge in [-0.2, -0.15) is 0 Å². The fourth-order valence-electron chi connectivity index (χ4n) is 11.3. The van der Waals surface area contributed by atoms with Gasteiger partial charge in [-0.3, -0.25) is 37.3 Å². The van der Waals surface area contributed by atoms with Crippen LogP contribution in [0.4, 0.5) is 0 Å². The van der Waals surface area contributed by atoms with Gasteiger partial charge in [-0.1, -0.05) is 317 Å². The molecule has 106 heavy (non-hydrogen) atoms. The van der Waals surface area contributed by atoms with Crippen LogP contribution in [0.2, 0.25) is 0 Å². The molecule has 0 fully saturated rings. The van der Waals surface area contributed by atoms with Crippen molar-refractivity contribution < 1.29 is 80.2 Å². The van der Waals surface area contributed by atoms with E-state index in [0.29, 0.717) is 38.5 Å². The van der Waals surface area contributed by atoms with Gasteiger partial charge in [0.15, 0.2) is 12.2 Å². The number of esters is 4. The van der Waals surface area contributed by atoms with Crippen LogP contribution < -0.4 is 0 Å².